The largest absolute Gasteiger partial charge is 0.396 e. The van der Waals surface area contributed by atoms with Crippen LogP contribution in [-0.2, 0) is 0 Å². The molecule has 0 atom stereocenters. The number of aliphatic hydroxyl groups is 1. The first-order chi connectivity index (χ1) is 9.06. The van der Waals surface area contributed by atoms with Crippen molar-refractivity contribution >= 4 is 5.69 Å². The molecule has 2 rings (SSSR count). The van der Waals surface area contributed by atoms with E-state index in [0.29, 0.717) is 6.54 Å². The quantitative estimate of drug-likeness (QED) is 0.823. The molecule has 0 saturated heterocycles. The Morgan fingerprint density at radius 2 is 1.63 bits per heavy atom. The Hall–Kier alpha value is -1.23. The normalized spacial score (nSPS) is 18.3. The van der Waals surface area contributed by atoms with Gasteiger partial charge >= 0.3 is 0 Å². The van der Waals surface area contributed by atoms with Crippen molar-refractivity contribution in [2.24, 2.45) is 5.41 Å². The monoisotopic (exact) mass is 273 g/mol. The lowest BCUT2D eigenvalue weighted by Crippen LogP contribution is -2.35. The Morgan fingerprint density at radius 3 is 2.16 bits per heavy atom. The van der Waals surface area contributed by atoms with E-state index in [2.05, 4.69) is 5.32 Å². The van der Waals surface area contributed by atoms with Crippen molar-refractivity contribution in [3.63, 3.8) is 0 Å². The van der Waals surface area contributed by atoms with Gasteiger partial charge in [0.1, 0.15) is 0 Å². The molecule has 0 aliphatic heterocycles. The highest BCUT2D eigenvalue weighted by molar-refractivity contribution is 5.44. The van der Waals surface area contributed by atoms with Crippen LogP contribution in [0.3, 0.4) is 0 Å². The van der Waals surface area contributed by atoms with Crippen molar-refractivity contribution in [1.82, 2.24) is 0 Å². The van der Waals surface area contributed by atoms with Crippen LogP contribution < -0.4 is 5.32 Å². The second-order valence-corrected chi connectivity index (χ2v) is 5.33. The summed E-state index contributed by atoms with van der Waals surface area (Å²) in [5, 5.41) is 12.4. The van der Waals surface area contributed by atoms with Gasteiger partial charge in [-0.25, -0.2) is 13.2 Å². The van der Waals surface area contributed by atoms with Crippen molar-refractivity contribution in [2.75, 3.05) is 18.5 Å². The molecule has 1 aliphatic rings. The van der Waals surface area contributed by atoms with E-state index in [1.807, 2.05) is 0 Å². The van der Waals surface area contributed by atoms with E-state index in [4.69, 9.17) is 0 Å². The molecule has 2 N–H and O–H groups in total. The molecule has 0 amide bonds. The molecule has 1 saturated carbocycles. The van der Waals surface area contributed by atoms with Gasteiger partial charge in [-0.15, -0.1) is 0 Å². The summed E-state index contributed by atoms with van der Waals surface area (Å²) < 4.78 is 39.0. The Morgan fingerprint density at radius 1 is 1.05 bits per heavy atom. The van der Waals surface area contributed by atoms with Crippen molar-refractivity contribution in [1.29, 1.82) is 0 Å². The zero-order valence-electron chi connectivity index (χ0n) is 10.7. The predicted octanol–water partition coefficient (Wildman–Crippen LogP) is 3.46. The number of hydrogen-bond acceptors (Lipinski definition) is 2. The van der Waals surface area contributed by atoms with E-state index in [9.17, 15) is 18.3 Å². The number of nitrogens with one attached hydrogen (secondary N) is 1. The Kier molecular flexibility index (Phi) is 4.34. The van der Waals surface area contributed by atoms with E-state index in [1.165, 1.54) is 0 Å². The minimum absolute atomic E-state index is 0.0478. The van der Waals surface area contributed by atoms with Crippen LogP contribution in [0.5, 0.6) is 0 Å². The molecule has 106 valence electrons. The van der Waals surface area contributed by atoms with Crippen LogP contribution in [-0.4, -0.2) is 18.3 Å². The Labute approximate surface area is 110 Å². The third-order valence-corrected chi connectivity index (χ3v) is 3.90. The molecule has 1 aromatic carbocycles. The van der Waals surface area contributed by atoms with Gasteiger partial charge in [0.15, 0.2) is 17.5 Å². The van der Waals surface area contributed by atoms with Gasteiger partial charge in [0, 0.05) is 29.8 Å². The van der Waals surface area contributed by atoms with Gasteiger partial charge in [-0.2, -0.15) is 0 Å². The van der Waals surface area contributed by atoms with E-state index >= 15 is 0 Å². The number of halogens is 3. The maximum Gasteiger partial charge on any atom is 0.194 e. The van der Waals surface area contributed by atoms with Crippen molar-refractivity contribution in [3.05, 3.63) is 29.6 Å². The van der Waals surface area contributed by atoms with Crippen LogP contribution in [0.15, 0.2) is 12.1 Å². The maximum absolute atomic E-state index is 13.1. The van der Waals surface area contributed by atoms with Crippen LogP contribution >= 0.6 is 0 Å². The molecule has 5 heteroatoms. The number of aliphatic hydroxyl groups excluding tert-OH is 1. The first-order valence-corrected chi connectivity index (χ1v) is 6.56. The molecule has 19 heavy (non-hydrogen) atoms. The van der Waals surface area contributed by atoms with E-state index in [-0.39, 0.29) is 17.7 Å². The smallest absolute Gasteiger partial charge is 0.194 e. The highest BCUT2D eigenvalue weighted by atomic mass is 19.2. The lowest BCUT2D eigenvalue weighted by Gasteiger charge is -2.36. The fourth-order valence-corrected chi connectivity index (χ4v) is 2.64. The first kappa shape index (κ1) is 14.2. The summed E-state index contributed by atoms with van der Waals surface area (Å²) in [7, 11) is 0. The zero-order chi connectivity index (χ0) is 13.9. The average molecular weight is 273 g/mol. The topological polar surface area (TPSA) is 32.3 Å². The molecule has 2 nitrogen and oxygen atoms in total. The van der Waals surface area contributed by atoms with Gasteiger partial charge in [-0.05, 0) is 12.8 Å². The molecule has 0 spiro atoms. The second kappa shape index (κ2) is 5.82. The third-order valence-electron chi connectivity index (χ3n) is 3.90. The van der Waals surface area contributed by atoms with Crippen LogP contribution in [0.4, 0.5) is 18.9 Å². The predicted molar refractivity (Wildman–Crippen MR) is 67.4 cm³/mol. The van der Waals surface area contributed by atoms with E-state index in [1.54, 1.807) is 0 Å². The summed E-state index contributed by atoms with van der Waals surface area (Å²) >= 11 is 0. The summed E-state index contributed by atoms with van der Waals surface area (Å²) in [6, 6.07) is 1.87. The summed E-state index contributed by atoms with van der Waals surface area (Å²) in [6.07, 6.45) is 5.04. The standard InChI is InChI=1S/C14H18F3NO/c15-11-6-10(7-12(16)13(11)17)18-8-14(9-19)4-2-1-3-5-14/h6-7,18-19H,1-5,8-9H2. The van der Waals surface area contributed by atoms with Crippen LogP contribution in [0.25, 0.3) is 0 Å². The van der Waals surface area contributed by atoms with Gasteiger partial charge in [0.05, 0.1) is 6.61 Å². The van der Waals surface area contributed by atoms with Crippen LogP contribution in [0, 0.1) is 22.9 Å². The highest BCUT2D eigenvalue weighted by Crippen LogP contribution is 2.36. The summed E-state index contributed by atoms with van der Waals surface area (Å²) in [5.41, 5.74) is -0.0330. The molecule has 0 bridgehead atoms. The van der Waals surface area contributed by atoms with Gasteiger partial charge in [-0.3, -0.25) is 0 Å². The highest BCUT2D eigenvalue weighted by Gasteiger charge is 2.31. The van der Waals surface area contributed by atoms with Crippen LogP contribution in [0.1, 0.15) is 32.1 Å². The lowest BCUT2D eigenvalue weighted by atomic mass is 9.74. The number of benzene rings is 1. The number of anilines is 1. The van der Waals surface area contributed by atoms with Gasteiger partial charge < -0.3 is 10.4 Å². The molecule has 0 heterocycles. The van der Waals surface area contributed by atoms with Gasteiger partial charge in [-0.1, -0.05) is 19.3 Å². The molecule has 0 aromatic heterocycles. The maximum atomic E-state index is 13.1. The molecule has 1 fully saturated rings. The molecule has 1 aliphatic carbocycles. The average Bonchev–Trinajstić information content (AvgIpc) is 2.43. The van der Waals surface area contributed by atoms with Gasteiger partial charge in [0.25, 0.3) is 0 Å². The van der Waals surface area contributed by atoms with E-state index in [0.717, 1.165) is 44.2 Å². The minimum atomic E-state index is -1.46. The second-order valence-electron chi connectivity index (χ2n) is 5.33. The molecular weight excluding hydrogens is 255 g/mol. The zero-order valence-corrected chi connectivity index (χ0v) is 10.7. The van der Waals surface area contributed by atoms with E-state index < -0.39 is 17.5 Å². The lowest BCUT2D eigenvalue weighted by molar-refractivity contribution is 0.0944. The summed E-state index contributed by atoms with van der Waals surface area (Å²) in [5.74, 6) is -3.87. The fourth-order valence-electron chi connectivity index (χ4n) is 2.64. The third kappa shape index (κ3) is 3.21. The van der Waals surface area contributed by atoms with Crippen molar-refractivity contribution in [3.8, 4) is 0 Å². The SMILES string of the molecule is OCC1(CNc2cc(F)c(F)c(F)c2)CCCCC1. The molecular formula is C14H18F3NO. The fraction of sp³-hybridized carbons (Fsp3) is 0.571. The molecule has 0 unspecified atom stereocenters. The number of rotatable bonds is 4. The van der Waals surface area contributed by atoms with Crippen molar-refractivity contribution in [2.45, 2.75) is 32.1 Å². The van der Waals surface area contributed by atoms with Crippen molar-refractivity contribution < 1.29 is 18.3 Å². The minimum Gasteiger partial charge on any atom is -0.396 e. The van der Waals surface area contributed by atoms with Gasteiger partial charge in [0.2, 0.25) is 0 Å². The Bertz CT molecular complexity index is 421. The summed E-state index contributed by atoms with van der Waals surface area (Å²) in [4.78, 5) is 0. The first-order valence-electron chi connectivity index (χ1n) is 6.56. The summed E-state index contributed by atoms with van der Waals surface area (Å²) in [6.45, 7) is 0.486. The molecule has 0 radical (unpaired) electrons. The molecule has 1 aromatic rings. The number of hydrogen-bond donors (Lipinski definition) is 2. The Balaban J connectivity index is 2.05. The van der Waals surface area contributed by atoms with Crippen LogP contribution in [0.2, 0.25) is 0 Å².